The van der Waals surface area contributed by atoms with Gasteiger partial charge < -0.3 is 11.1 Å². The molecule has 2 rings (SSSR count). The second-order valence-electron chi connectivity index (χ2n) is 4.83. The average molecular weight is 268 g/mol. The summed E-state index contributed by atoms with van der Waals surface area (Å²) in [6.45, 7) is 1.98. The van der Waals surface area contributed by atoms with Crippen molar-refractivity contribution in [1.82, 2.24) is 0 Å². The van der Waals surface area contributed by atoms with Gasteiger partial charge in [0.2, 0.25) is 5.91 Å². The number of hydrogen-bond donors (Lipinski definition) is 2. The van der Waals surface area contributed by atoms with Crippen LogP contribution in [0.2, 0.25) is 0 Å². The van der Waals surface area contributed by atoms with Gasteiger partial charge in [-0.15, -0.1) is 0 Å². The fourth-order valence-electron chi connectivity index (χ4n) is 2.05. The molecule has 20 heavy (non-hydrogen) atoms. The van der Waals surface area contributed by atoms with Gasteiger partial charge in [-0.05, 0) is 18.1 Å². The molecule has 0 aliphatic carbocycles. The summed E-state index contributed by atoms with van der Waals surface area (Å²) in [6.07, 6.45) is 1.15. The van der Waals surface area contributed by atoms with E-state index in [0.29, 0.717) is 6.42 Å². The molecule has 2 aromatic carbocycles. The molecule has 0 saturated heterocycles. The van der Waals surface area contributed by atoms with Gasteiger partial charge in [0.15, 0.2) is 0 Å². The zero-order valence-corrected chi connectivity index (χ0v) is 11.7. The Morgan fingerprint density at radius 2 is 1.75 bits per heavy atom. The number of amides is 1. The summed E-state index contributed by atoms with van der Waals surface area (Å²) in [6, 6.07) is 17.7. The molecule has 0 bridgehead atoms. The van der Waals surface area contributed by atoms with E-state index in [2.05, 4.69) is 5.32 Å². The minimum absolute atomic E-state index is 0.0391. The first kappa shape index (κ1) is 14.3. The van der Waals surface area contributed by atoms with Crippen LogP contribution in [0.1, 0.15) is 19.8 Å². The lowest BCUT2D eigenvalue weighted by Crippen LogP contribution is -2.26. The third kappa shape index (κ3) is 3.68. The van der Waals surface area contributed by atoms with Gasteiger partial charge in [0.1, 0.15) is 0 Å². The summed E-state index contributed by atoms with van der Waals surface area (Å²) >= 11 is 0. The maximum atomic E-state index is 12.0. The SMILES string of the molecule is CCC(N)CC(=O)Nc1ccccc1-c1ccccc1. The van der Waals surface area contributed by atoms with Crippen LogP contribution in [0.5, 0.6) is 0 Å². The molecule has 1 amide bonds. The Kier molecular flexibility index (Phi) is 4.91. The topological polar surface area (TPSA) is 55.1 Å². The Morgan fingerprint density at radius 3 is 2.45 bits per heavy atom. The minimum atomic E-state index is -0.0844. The molecule has 104 valence electrons. The lowest BCUT2D eigenvalue weighted by atomic mass is 10.0. The number of carbonyl (C=O) groups is 1. The van der Waals surface area contributed by atoms with Crippen molar-refractivity contribution in [3.05, 3.63) is 54.6 Å². The lowest BCUT2D eigenvalue weighted by molar-refractivity contribution is -0.116. The summed E-state index contributed by atoms with van der Waals surface area (Å²) in [7, 11) is 0. The van der Waals surface area contributed by atoms with E-state index in [1.54, 1.807) is 0 Å². The number of rotatable bonds is 5. The van der Waals surface area contributed by atoms with Crippen LogP contribution in [-0.2, 0) is 4.79 Å². The van der Waals surface area contributed by atoms with Crippen LogP contribution in [0, 0.1) is 0 Å². The van der Waals surface area contributed by atoms with Crippen molar-refractivity contribution in [2.75, 3.05) is 5.32 Å². The largest absolute Gasteiger partial charge is 0.327 e. The van der Waals surface area contributed by atoms with Crippen molar-refractivity contribution in [2.45, 2.75) is 25.8 Å². The van der Waals surface area contributed by atoms with E-state index in [9.17, 15) is 4.79 Å². The number of nitrogens with two attached hydrogens (primary N) is 1. The number of nitrogens with one attached hydrogen (secondary N) is 1. The number of anilines is 1. The van der Waals surface area contributed by atoms with Crippen LogP contribution in [-0.4, -0.2) is 11.9 Å². The van der Waals surface area contributed by atoms with E-state index in [1.165, 1.54) is 0 Å². The van der Waals surface area contributed by atoms with Crippen LogP contribution in [0.4, 0.5) is 5.69 Å². The van der Waals surface area contributed by atoms with E-state index < -0.39 is 0 Å². The van der Waals surface area contributed by atoms with Gasteiger partial charge in [-0.25, -0.2) is 0 Å². The van der Waals surface area contributed by atoms with Crippen LogP contribution in [0.15, 0.2) is 54.6 Å². The highest BCUT2D eigenvalue weighted by Crippen LogP contribution is 2.27. The van der Waals surface area contributed by atoms with Gasteiger partial charge in [-0.3, -0.25) is 4.79 Å². The Bertz CT molecular complexity index is 566. The Balaban J connectivity index is 2.19. The Labute approximate surface area is 119 Å². The number of para-hydroxylation sites is 1. The minimum Gasteiger partial charge on any atom is -0.327 e. The predicted octanol–water partition coefficient (Wildman–Crippen LogP) is 3.42. The third-order valence-electron chi connectivity index (χ3n) is 3.26. The molecule has 0 aliphatic heterocycles. The van der Waals surface area contributed by atoms with Crippen molar-refractivity contribution < 1.29 is 4.79 Å². The quantitative estimate of drug-likeness (QED) is 0.873. The van der Waals surface area contributed by atoms with Crippen molar-refractivity contribution in [2.24, 2.45) is 5.73 Å². The van der Waals surface area contributed by atoms with Gasteiger partial charge >= 0.3 is 0 Å². The molecular weight excluding hydrogens is 248 g/mol. The molecule has 0 aliphatic rings. The van der Waals surface area contributed by atoms with Crippen molar-refractivity contribution >= 4 is 11.6 Å². The molecule has 0 fully saturated rings. The van der Waals surface area contributed by atoms with E-state index in [1.807, 2.05) is 61.5 Å². The fourth-order valence-corrected chi connectivity index (χ4v) is 2.05. The normalized spacial score (nSPS) is 11.9. The summed E-state index contributed by atoms with van der Waals surface area (Å²) < 4.78 is 0. The van der Waals surface area contributed by atoms with E-state index in [-0.39, 0.29) is 11.9 Å². The number of hydrogen-bond acceptors (Lipinski definition) is 2. The van der Waals surface area contributed by atoms with Gasteiger partial charge in [-0.1, -0.05) is 55.5 Å². The third-order valence-corrected chi connectivity index (χ3v) is 3.26. The second kappa shape index (κ2) is 6.87. The fraction of sp³-hybridized carbons (Fsp3) is 0.235. The van der Waals surface area contributed by atoms with Crippen molar-refractivity contribution in [3.8, 4) is 11.1 Å². The average Bonchev–Trinajstić information content (AvgIpc) is 2.48. The summed E-state index contributed by atoms with van der Waals surface area (Å²) in [5.74, 6) is -0.0391. The highest BCUT2D eigenvalue weighted by molar-refractivity contribution is 5.95. The molecule has 2 aromatic rings. The molecule has 1 unspecified atom stereocenters. The zero-order valence-electron chi connectivity index (χ0n) is 11.7. The van der Waals surface area contributed by atoms with E-state index in [0.717, 1.165) is 23.2 Å². The Morgan fingerprint density at radius 1 is 1.10 bits per heavy atom. The molecule has 1 atom stereocenters. The van der Waals surface area contributed by atoms with Gasteiger partial charge in [0, 0.05) is 23.7 Å². The number of benzene rings is 2. The zero-order chi connectivity index (χ0) is 14.4. The molecule has 0 saturated carbocycles. The first-order valence-electron chi connectivity index (χ1n) is 6.90. The van der Waals surface area contributed by atoms with Crippen molar-refractivity contribution in [3.63, 3.8) is 0 Å². The van der Waals surface area contributed by atoms with Gasteiger partial charge in [0.05, 0.1) is 0 Å². The molecule has 3 nitrogen and oxygen atoms in total. The van der Waals surface area contributed by atoms with E-state index in [4.69, 9.17) is 5.73 Å². The first-order valence-corrected chi connectivity index (χ1v) is 6.90. The highest BCUT2D eigenvalue weighted by Gasteiger charge is 2.10. The van der Waals surface area contributed by atoms with Gasteiger partial charge in [0.25, 0.3) is 0 Å². The summed E-state index contributed by atoms with van der Waals surface area (Å²) in [5.41, 5.74) is 8.75. The number of carbonyl (C=O) groups excluding carboxylic acids is 1. The predicted molar refractivity (Wildman–Crippen MR) is 83.4 cm³/mol. The smallest absolute Gasteiger partial charge is 0.225 e. The standard InChI is InChI=1S/C17H20N2O/c1-2-14(18)12-17(20)19-16-11-7-6-10-15(16)13-8-4-3-5-9-13/h3-11,14H,2,12,18H2,1H3,(H,19,20). The molecule has 0 aromatic heterocycles. The van der Waals surface area contributed by atoms with Gasteiger partial charge in [-0.2, -0.15) is 0 Å². The second-order valence-corrected chi connectivity index (χ2v) is 4.83. The summed E-state index contributed by atoms with van der Waals surface area (Å²) in [5, 5.41) is 2.96. The maximum absolute atomic E-state index is 12.0. The van der Waals surface area contributed by atoms with Crippen LogP contribution in [0.3, 0.4) is 0 Å². The maximum Gasteiger partial charge on any atom is 0.225 e. The summed E-state index contributed by atoms with van der Waals surface area (Å²) in [4.78, 5) is 12.0. The van der Waals surface area contributed by atoms with Crippen LogP contribution in [0.25, 0.3) is 11.1 Å². The monoisotopic (exact) mass is 268 g/mol. The highest BCUT2D eigenvalue weighted by atomic mass is 16.1. The molecular formula is C17H20N2O. The van der Waals surface area contributed by atoms with Crippen LogP contribution < -0.4 is 11.1 Å². The van der Waals surface area contributed by atoms with Crippen molar-refractivity contribution in [1.29, 1.82) is 0 Å². The molecule has 3 heteroatoms. The first-order chi connectivity index (χ1) is 9.70. The molecule has 0 spiro atoms. The Hall–Kier alpha value is -2.13. The molecule has 0 heterocycles. The van der Waals surface area contributed by atoms with Crippen LogP contribution >= 0.6 is 0 Å². The molecule has 0 radical (unpaired) electrons. The van der Waals surface area contributed by atoms with E-state index >= 15 is 0 Å². The molecule has 3 N–H and O–H groups in total. The lowest BCUT2D eigenvalue weighted by Gasteiger charge is -2.13.